The van der Waals surface area contributed by atoms with E-state index in [1.165, 1.54) is 24.5 Å². The number of nitrogens with zero attached hydrogens (tertiary/aromatic N) is 2. The number of rotatable bonds is 4. The Morgan fingerprint density at radius 1 is 1.32 bits per heavy atom. The van der Waals surface area contributed by atoms with Crippen molar-refractivity contribution in [3.8, 4) is 11.6 Å². The molecule has 0 atom stereocenters. The molecule has 1 aromatic carbocycles. The second kappa shape index (κ2) is 6.29. The van der Waals surface area contributed by atoms with E-state index in [0.29, 0.717) is 26.4 Å². The minimum Gasteiger partial charge on any atom is -0.436 e. The van der Waals surface area contributed by atoms with Crippen molar-refractivity contribution in [2.45, 2.75) is 6.92 Å². The van der Waals surface area contributed by atoms with Crippen molar-refractivity contribution in [2.75, 3.05) is 11.9 Å². The Bertz CT molecular complexity index is 595. The SMILES string of the molecule is CCNc1ncnc(Oc2ccc(F)cc2Br)c1Br. The fraction of sp³-hybridized carbons (Fsp3) is 0.167. The number of nitrogens with one attached hydrogen (secondary N) is 1. The van der Waals surface area contributed by atoms with Crippen LogP contribution in [-0.2, 0) is 0 Å². The van der Waals surface area contributed by atoms with Crippen LogP contribution in [0.4, 0.5) is 10.2 Å². The third-order valence-corrected chi connectivity index (χ3v) is 3.54. The number of aromatic nitrogens is 2. The molecule has 1 aromatic heterocycles. The zero-order valence-electron chi connectivity index (χ0n) is 9.95. The number of halogens is 3. The quantitative estimate of drug-likeness (QED) is 0.842. The van der Waals surface area contributed by atoms with Gasteiger partial charge in [0.05, 0.1) is 4.47 Å². The van der Waals surface area contributed by atoms with Gasteiger partial charge < -0.3 is 10.1 Å². The Labute approximate surface area is 126 Å². The predicted molar refractivity (Wildman–Crippen MR) is 78.1 cm³/mol. The van der Waals surface area contributed by atoms with Crippen LogP contribution in [0.15, 0.2) is 33.5 Å². The fourth-order valence-corrected chi connectivity index (χ4v) is 2.24. The first-order chi connectivity index (χ1) is 9.11. The lowest BCUT2D eigenvalue weighted by molar-refractivity contribution is 0.454. The Morgan fingerprint density at radius 3 is 2.79 bits per heavy atom. The smallest absolute Gasteiger partial charge is 0.238 e. The van der Waals surface area contributed by atoms with Crippen LogP contribution in [-0.4, -0.2) is 16.5 Å². The summed E-state index contributed by atoms with van der Waals surface area (Å²) in [5.41, 5.74) is 0. The maximum absolute atomic E-state index is 13.0. The predicted octanol–water partition coefficient (Wildman–Crippen LogP) is 4.36. The number of hydrogen-bond acceptors (Lipinski definition) is 4. The summed E-state index contributed by atoms with van der Waals surface area (Å²) in [6, 6.07) is 4.18. The molecule has 0 aliphatic rings. The van der Waals surface area contributed by atoms with Gasteiger partial charge in [0.1, 0.15) is 28.2 Å². The highest BCUT2D eigenvalue weighted by molar-refractivity contribution is 9.11. The van der Waals surface area contributed by atoms with Gasteiger partial charge in [-0.05, 0) is 57.0 Å². The summed E-state index contributed by atoms with van der Waals surface area (Å²) >= 11 is 6.62. The largest absolute Gasteiger partial charge is 0.436 e. The maximum atomic E-state index is 13.0. The molecule has 0 saturated carbocycles. The number of ether oxygens (including phenoxy) is 1. The lowest BCUT2D eigenvalue weighted by Gasteiger charge is -2.10. The van der Waals surface area contributed by atoms with Crippen LogP contribution in [0.3, 0.4) is 0 Å². The molecule has 0 fully saturated rings. The van der Waals surface area contributed by atoms with Crippen molar-refractivity contribution >= 4 is 37.7 Å². The van der Waals surface area contributed by atoms with Crippen molar-refractivity contribution in [3.05, 3.63) is 39.3 Å². The average molecular weight is 391 g/mol. The molecule has 0 aliphatic heterocycles. The standard InChI is InChI=1S/C12H10Br2FN3O/c1-2-16-11-10(14)12(18-6-17-11)19-9-4-3-7(15)5-8(9)13/h3-6H,2H2,1H3,(H,16,17,18). The number of hydrogen-bond donors (Lipinski definition) is 1. The minimum absolute atomic E-state index is 0.339. The summed E-state index contributed by atoms with van der Waals surface area (Å²) in [6.45, 7) is 2.70. The van der Waals surface area contributed by atoms with Gasteiger partial charge in [-0.1, -0.05) is 0 Å². The van der Waals surface area contributed by atoms with Gasteiger partial charge >= 0.3 is 0 Å². The first-order valence-electron chi connectivity index (χ1n) is 5.49. The first-order valence-corrected chi connectivity index (χ1v) is 7.07. The molecule has 0 saturated heterocycles. The summed E-state index contributed by atoms with van der Waals surface area (Å²) in [4.78, 5) is 8.13. The van der Waals surface area contributed by atoms with E-state index in [4.69, 9.17) is 4.74 Å². The van der Waals surface area contributed by atoms with Crippen LogP contribution in [0.5, 0.6) is 11.6 Å². The molecule has 2 rings (SSSR count). The molecule has 0 radical (unpaired) electrons. The molecule has 1 heterocycles. The summed E-state index contributed by atoms with van der Waals surface area (Å²) in [5, 5.41) is 3.08. The lowest BCUT2D eigenvalue weighted by atomic mass is 10.3. The van der Waals surface area contributed by atoms with Gasteiger partial charge in [-0.15, -0.1) is 0 Å². The summed E-state index contributed by atoms with van der Waals surface area (Å²) in [6.07, 6.45) is 1.40. The normalized spacial score (nSPS) is 10.3. The van der Waals surface area contributed by atoms with E-state index in [9.17, 15) is 4.39 Å². The second-order valence-corrected chi connectivity index (χ2v) is 5.20. The molecular weight excluding hydrogens is 381 g/mol. The third-order valence-electron chi connectivity index (χ3n) is 2.20. The molecule has 19 heavy (non-hydrogen) atoms. The van der Waals surface area contributed by atoms with Crippen molar-refractivity contribution in [1.29, 1.82) is 0 Å². The van der Waals surface area contributed by atoms with Gasteiger partial charge in [-0.25, -0.2) is 14.4 Å². The second-order valence-electron chi connectivity index (χ2n) is 3.55. The molecule has 100 valence electrons. The van der Waals surface area contributed by atoms with Crippen LogP contribution in [0.1, 0.15) is 6.92 Å². The lowest BCUT2D eigenvalue weighted by Crippen LogP contribution is -2.02. The molecule has 7 heteroatoms. The van der Waals surface area contributed by atoms with Gasteiger partial charge in [0.15, 0.2) is 0 Å². The van der Waals surface area contributed by atoms with Crippen LogP contribution in [0.2, 0.25) is 0 Å². The number of benzene rings is 1. The molecule has 0 unspecified atom stereocenters. The van der Waals surface area contributed by atoms with Crippen LogP contribution in [0, 0.1) is 5.82 Å². The van der Waals surface area contributed by atoms with Gasteiger partial charge in [0, 0.05) is 6.54 Å². The molecule has 4 nitrogen and oxygen atoms in total. The van der Waals surface area contributed by atoms with Gasteiger partial charge in [-0.3, -0.25) is 0 Å². The molecule has 0 spiro atoms. The Hall–Kier alpha value is -1.21. The molecule has 0 bridgehead atoms. The monoisotopic (exact) mass is 389 g/mol. The third kappa shape index (κ3) is 3.42. The highest BCUT2D eigenvalue weighted by Crippen LogP contribution is 2.35. The summed E-state index contributed by atoms with van der Waals surface area (Å²) in [5.74, 6) is 1.14. The van der Waals surface area contributed by atoms with Crippen LogP contribution in [0.25, 0.3) is 0 Å². The van der Waals surface area contributed by atoms with E-state index in [1.807, 2.05) is 6.92 Å². The molecule has 0 amide bonds. The van der Waals surface area contributed by atoms with Gasteiger partial charge in [0.25, 0.3) is 0 Å². The first kappa shape index (κ1) is 14.2. The minimum atomic E-state index is -0.339. The zero-order chi connectivity index (χ0) is 13.8. The van der Waals surface area contributed by atoms with E-state index >= 15 is 0 Å². The Balaban J connectivity index is 2.30. The topological polar surface area (TPSA) is 47.0 Å². The zero-order valence-corrected chi connectivity index (χ0v) is 13.1. The van der Waals surface area contributed by atoms with E-state index in [1.54, 1.807) is 0 Å². The molecule has 1 N–H and O–H groups in total. The van der Waals surface area contributed by atoms with E-state index in [-0.39, 0.29) is 5.82 Å². The van der Waals surface area contributed by atoms with Crippen molar-refractivity contribution < 1.29 is 9.13 Å². The van der Waals surface area contributed by atoms with Crippen molar-refractivity contribution in [3.63, 3.8) is 0 Å². The molecular formula is C12H10Br2FN3O. The van der Waals surface area contributed by atoms with Crippen LogP contribution >= 0.6 is 31.9 Å². The average Bonchev–Trinajstić information content (AvgIpc) is 2.37. The highest BCUT2D eigenvalue weighted by Gasteiger charge is 2.12. The number of anilines is 1. The van der Waals surface area contributed by atoms with Gasteiger partial charge in [0.2, 0.25) is 5.88 Å². The fourth-order valence-electron chi connectivity index (χ4n) is 1.38. The van der Waals surface area contributed by atoms with Gasteiger partial charge in [-0.2, -0.15) is 0 Å². The van der Waals surface area contributed by atoms with E-state index in [0.717, 1.165) is 6.54 Å². The highest BCUT2D eigenvalue weighted by atomic mass is 79.9. The molecule has 0 aliphatic carbocycles. The summed E-state index contributed by atoms with van der Waals surface area (Å²) < 4.78 is 19.8. The maximum Gasteiger partial charge on any atom is 0.238 e. The molecule has 2 aromatic rings. The Morgan fingerprint density at radius 2 is 2.11 bits per heavy atom. The Kier molecular flexibility index (Phi) is 4.71. The van der Waals surface area contributed by atoms with Crippen molar-refractivity contribution in [2.24, 2.45) is 0 Å². The summed E-state index contributed by atoms with van der Waals surface area (Å²) in [7, 11) is 0. The van der Waals surface area contributed by atoms with E-state index in [2.05, 4.69) is 47.1 Å². The van der Waals surface area contributed by atoms with Crippen LogP contribution < -0.4 is 10.1 Å². The van der Waals surface area contributed by atoms with E-state index < -0.39 is 0 Å². The van der Waals surface area contributed by atoms with Crippen molar-refractivity contribution in [1.82, 2.24) is 9.97 Å².